The first kappa shape index (κ1) is 13.8. The van der Waals surface area contributed by atoms with E-state index in [1.165, 1.54) is 27.9 Å². The van der Waals surface area contributed by atoms with Crippen LogP contribution in [0.4, 0.5) is 0 Å². The van der Waals surface area contributed by atoms with E-state index in [4.69, 9.17) is 0 Å². The molecule has 0 spiro atoms. The Balaban J connectivity index is 3.47. The van der Waals surface area contributed by atoms with Crippen molar-refractivity contribution in [3.63, 3.8) is 0 Å². The maximum Gasteiger partial charge on any atom is 0.0112 e. The molecule has 0 saturated carbocycles. The molecular formula is C17H24. The molecule has 0 amide bonds. The van der Waals surface area contributed by atoms with Gasteiger partial charge in [-0.3, -0.25) is 0 Å². The third kappa shape index (κ3) is 2.22. The number of allylic oxidation sites excluding steroid dienone is 9. The maximum absolute atomic E-state index is 4.29. The van der Waals surface area contributed by atoms with Crippen molar-refractivity contribution in [3.8, 4) is 0 Å². The highest BCUT2D eigenvalue weighted by molar-refractivity contribution is 5.67. The molecule has 92 valence electrons. The van der Waals surface area contributed by atoms with E-state index in [-0.39, 0.29) is 5.41 Å². The Morgan fingerprint density at radius 2 is 1.82 bits per heavy atom. The van der Waals surface area contributed by atoms with Crippen molar-refractivity contribution in [1.29, 1.82) is 0 Å². The van der Waals surface area contributed by atoms with Gasteiger partial charge in [-0.2, -0.15) is 0 Å². The average molecular weight is 228 g/mol. The predicted octanol–water partition coefficient (Wildman–Crippen LogP) is 5.37. The zero-order valence-corrected chi connectivity index (χ0v) is 12.0. The molecule has 0 atom stereocenters. The minimum absolute atomic E-state index is 0.0764. The Kier molecular flexibility index (Phi) is 3.98. The summed E-state index contributed by atoms with van der Waals surface area (Å²) in [6.07, 6.45) is 8.52. The van der Waals surface area contributed by atoms with Crippen LogP contribution in [-0.2, 0) is 0 Å². The van der Waals surface area contributed by atoms with Crippen molar-refractivity contribution in [2.45, 2.75) is 41.5 Å². The van der Waals surface area contributed by atoms with E-state index < -0.39 is 0 Å². The molecule has 0 heterocycles. The van der Waals surface area contributed by atoms with Gasteiger partial charge < -0.3 is 0 Å². The zero-order valence-electron chi connectivity index (χ0n) is 12.0. The average Bonchev–Trinajstić information content (AvgIpc) is 2.47. The zero-order chi connectivity index (χ0) is 13.2. The van der Waals surface area contributed by atoms with Gasteiger partial charge in [0.05, 0.1) is 0 Å². The van der Waals surface area contributed by atoms with Crippen LogP contribution in [-0.4, -0.2) is 0 Å². The highest BCUT2D eigenvalue weighted by Gasteiger charge is 2.36. The van der Waals surface area contributed by atoms with Crippen LogP contribution in [0.3, 0.4) is 0 Å². The molecule has 0 heteroatoms. The summed E-state index contributed by atoms with van der Waals surface area (Å²) in [7, 11) is 0. The quantitative estimate of drug-likeness (QED) is 0.596. The molecule has 0 aromatic carbocycles. The number of hydrogen-bond acceptors (Lipinski definition) is 0. The van der Waals surface area contributed by atoms with Gasteiger partial charge in [-0.15, -0.1) is 0 Å². The van der Waals surface area contributed by atoms with Crippen LogP contribution in [0, 0.1) is 5.41 Å². The van der Waals surface area contributed by atoms with Gasteiger partial charge in [0, 0.05) is 5.41 Å². The normalized spacial score (nSPS) is 23.3. The summed E-state index contributed by atoms with van der Waals surface area (Å²) in [5.41, 5.74) is 6.73. The highest BCUT2D eigenvalue weighted by atomic mass is 14.4. The molecule has 0 fully saturated rings. The van der Waals surface area contributed by atoms with Crippen molar-refractivity contribution in [2.24, 2.45) is 5.41 Å². The minimum atomic E-state index is 0.0764. The molecule has 0 aliphatic heterocycles. The van der Waals surface area contributed by atoms with E-state index >= 15 is 0 Å². The van der Waals surface area contributed by atoms with Crippen LogP contribution in [0.25, 0.3) is 0 Å². The third-order valence-electron chi connectivity index (χ3n) is 3.94. The van der Waals surface area contributed by atoms with Gasteiger partial charge in [-0.25, -0.2) is 0 Å². The van der Waals surface area contributed by atoms with Crippen LogP contribution >= 0.6 is 0 Å². The fourth-order valence-corrected chi connectivity index (χ4v) is 2.26. The van der Waals surface area contributed by atoms with Crippen molar-refractivity contribution in [2.75, 3.05) is 0 Å². The predicted molar refractivity (Wildman–Crippen MR) is 77.9 cm³/mol. The second-order valence-corrected chi connectivity index (χ2v) is 5.18. The summed E-state index contributed by atoms with van der Waals surface area (Å²) < 4.78 is 0. The Morgan fingerprint density at radius 3 is 2.29 bits per heavy atom. The van der Waals surface area contributed by atoms with Crippen LogP contribution in [0.2, 0.25) is 0 Å². The number of rotatable bonds is 2. The lowest BCUT2D eigenvalue weighted by molar-refractivity contribution is 0.566. The van der Waals surface area contributed by atoms with Crippen LogP contribution in [0.5, 0.6) is 0 Å². The van der Waals surface area contributed by atoms with Crippen LogP contribution in [0.1, 0.15) is 41.5 Å². The Labute approximate surface area is 106 Å². The van der Waals surface area contributed by atoms with E-state index in [0.29, 0.717) is 0 Å². The van der Waals surface area contributed by atoms with Crippen LogP contribution in [0.15, 0.2) is 58.7 Å². The SMILES string of the molecule is C=C1/C(=C\C=C/C)C(/C(C)=C\C)=C(C)C1(C)C. The van der Waals surface area contributed by atoms with E-state index in [2.05, 4.69) is 65.5 Å². The van der Waals surface area contributed by atoms with E-state index in [0.717, 1.165) is 0 Å². The standard InChI is InChI=1S/C17H24/c1-8-10-11-15-13(4)17(6,7)14(5)16(15)12(3)9-2/h8-11H,4H2,1-3,5-7H3/b10-8-,12-9-,15-11+. The topological polar surface area (TPSA) is 0 Å². The molecule has 0 bridgehead atoms. The molecular weight excluding hydrogens is 204 g/mol. The summed E-state index contributed by atoms with van der Waals surface area (Å²) in [5.74, 6) is 0. The van der Waals surface area contributed by atoms with Gasteiger partial charge in [0.2, 0.25) is 0 Å². The van der Waals surface area contributed by atoms with Crippen molar-refractivity contribution >= 4 is 0 Å². The Hall–Kier alpha value is -1.30. The van der Waals surface area contributed by atoms with Gasteiger partial charge in [-0.1, -0.05) is 50.3 Å². The molecule has 0 saturated heterocycles. The number of hydrogen-bond donors (Lipinski definition) is 0. The van der Waals surface area contributed by atoms with Crippen molar-refractivity contribution < 1.29 is 0 Å². The fourth-order valence-electron chi connectivity index (χ4n) is 2.26. The molecule has 1 aliphatic rings. The summed E-state index contributed by atoms with van der Waals surface area (Å²) in [5, 5.41) is 0. The molecule has 1 rings (SSSR count). The van der Waals surface area contributed by atoms with Gasteiger partial charge in [0.25, 0.3) is 0 Å². The van der Waals surface area contributed by atoms with Gasteiger partial charge in [-0.05, 0) is 50.0 Å². The molecule has 0 aromatic rings. The second-order valence-electron chi connectivity index (χ2n) is 5.18. The lowest BCUT2D eigenvalue weighted by Gasteiger charge is -2.21. The summed E-state index contributed by atoms with van der Waals surface area (Å²) in [4.78, 5) is 0. The maximum atomic E-state index is 4.29. The van der Waals surface area contributed by atoms with Crippen LogP contribution < -0.4 is 0 Å². The molecule has 1 aliphatic carbocycles. The lowest BCUT2D eigenvalue weighted by Crippen LogP contribution is -2.10. The first-order valence-corrected chi connectivity index (χ1v) is 6.25. The molecule has 0 radical (unpaired) electrons. The smallest absolute Gasteiger partial charge is 0.0112 e. The van der Waals surface area contributed by atoms with E-state index in [1.807, 2.05) is 6.92 Å². The van der Waals surface area contributed by atoms with Gasteiger partial charge in [0.1, 0.15) is 0 Å². The summed E-state index contributed by atoms with van der Waals surface area (Å²) in [6, 6.07) is 0. The molecule has 0 nitrogen and oxygen atoms in total. The fraction of sp³-hybridized carbons (Fsp3) is 0.412. The third-order valence-corrected chi connectivity index (χ3v) is 3.94. The van der Waals surface area contributed by atoms with Gasteiger partial charge >= 0.3 is 0 Å². The molecule has 0 N–H and O–H groups in total. The highest BCUT2D eigenvalue weighted by Crippen LogP contribution is 2.50. The van der Waals surface area contributed by atoms with Crippen molar-refractivity contribution in [1.82, 2.24) is 0 Å². The Bertz CT molecular complexity index is 448. The lowest BCUT2D eigenvalue weighted by atomic mass is 9.82. The summed E-state index contributed by atoms with van der Waals surface area (Å²) >= 11 is 0. The van der Waals surface area contributed by atoms with E-state index in [9.17, 15) is 0 Å². The first-order chi connectivity index (χ1) is 7.87. The Morgan fingerprint density at radius 1 is 1.24 bits per heavy atom. The summed E-state index contributed by atoms with van der Waals surface area (Å²) in [6.45, 7) is 17.3. The first-order valence-electron chi connectivity index (χ1n) is 6.25. The molecule has 0 unspecified atom stereocenters. The minimum Gasteiger partial charge on any atom is -0.0943 e. The largest absolute Gasteiger partial charge is 0.0943 e. The monoisotopic (exact) mass is 228 g/mol. The molecule has 0 aromatic heterocycles. The van der Waals surface area contributed by atoms with E-state index in [1.54, 1.807) is 0 Å². The van der Waals surface area contributed by atoms with Gasteiger partial charge in [0.15, 0.2) is 0 Å². The molecule has 17 heavy (non-hydrogen) atoms. The second kappa shape index (κ2) is 4.91. The van der Waals surface area contributed by atoms with Crippen molar-refractivity contribution in [3.05, 3.63) is 58.7 Å².